The van der Waals surface area contributed by atoms with Crippen molar-refractivity contribution in [1.82, 2.24) is 9.88 Å². The molecule has 1 aromatic heterocycles. The minimum atomic E-state index is -4.76. The Morgan fingerprint density at radius 2 is 1.96 bits per heavy atom. The summed E-state index contributed by atoms with van der Waals surface area (Å²) in [6, 6.07) is 9.25. The molecule has 0 saturated carbocycles. The van der Waals surface area contributed by atoms with Gasteiger partial charge in [0.1, 0.15) is 12.1 Å². The van der Waals surface area contributed by atoms with Crippen molar-refractivity contribution in [3.8, 4) is 6.07 Å². The Morgan fingerprint density at radius 3 is 2.63 bits per heavy atom. The number of amides is 1. The number of fused-ring (bicyclic) bond motifs is 2. The van der Waals surface area contributed by atoms with Crippen molar-refractivity contribution in [2.24, 2.45) is 0 Å². The normalized spacial score (nSPS) is 19.0. The zero-order chi connectivity index (χ0) is 19.3. The van der Waals surface area contributed by atoms with Crippen LogP contribution >= 0.6 is 12.2 Å². The van der Waals surface area contributed by atoms with Gasteiger partial charge in [-0.15, -0.1) is 0 Å². The van der Waals surface area contributed by atoms with Gasteiger partial charge in [-0.2, -0.15) is 18.4 Å². The molecule has 0 spiro atoms. The Hall–Kier alpha value is -2.99. The van der Waals surface area contributed by atoms with E-state index < -0.39 is 29.4 Å². The number of nitrogens with zero attached hydrogens (tertiary/aromatic N) is 4. The Kier molecular flexibility index (Phi) is 3.89. The molecular formula is C18H11F3N4OS. The van der Waals surface area contributed by atoms with E-state index in [4.69, 9.17) is 17.5 Å². The molecule has 4 rings (SSSR count). The third kappa shape index (κ3) is 2.73. The van der Waals surface area contributed by atoms with Crippen molar-refractivity contribution in [3.05, 3.63) is 58.9 Å². The van der Waals surface area contributed by atoms with Crippen LogP contribution in [-0.4, -0.2) is 26.9 Å². The fourth-order valence-electron chi connectivity index (χ4n) is 3.44. The molecule has 2 aliphatic rings. The molecule has 1 atom stereocenters. The van der Waals surface area contributed by atoms with Crippen LogP contribution in [-0.2, 0) is 23.9 Å². The fourth-order valence-corrected chi connectivity index (χ4v) is 3.82. The number of alkyl halides is 3. The number of hydrogen-bond donors (Lipinski definition) is 0. The van der Waals surface area contributed by atoms with Crippen molar-refractivity contribution in [3.63, 3.8) is 0 Å². The fraction of sp³-hybridized carbons (Fsp3) is 0.222. The number of hydrogen-bond acceptors (Lipinski definition) is 4. The zero-order valence-corrected chi connectivity index (χ0v) is 14.5. The third-order valence-corrected chi connectivity index (χ3v) is 5.15. The number of carbonyl (C=O) groups is 1. The highest BCUT2D eigenvalue weighted by molar-refractivity contribution is 7.80. The van der Waals surface area contributed by atoms with E-state index in [1.165, 1.54) is 6.07 Å². The van der Waals surface area contributed by atoms with Crippen molar-refractivity contribution in [2.45, 2.75) is 25.2 Å². The quantitative estimate of drug-likeness (QED) is 0.703. The standard InChI is InChI=1S/C18H11F3N4OS/c19-18(20,21)13-6-12(8-23-14(13)7-22)25-16(26)15-5-10-3-1-2-4-11(10)9-24(15)17(25)27/h1-4,6,8,15H,5,9H2. The monoisotopic (exact) mass is 388 g/mol. The lowest BCUT2D eigenvalue weighted by Gasteiger charge is -2.30. The van der Waals surface area contributed by atoms with Gasteiger partial charge in [0.15, 0.2) is 10.8 Å². The predicted molar refractivity (Wildman–Crippen MR) is 93.5 cm³/mol. The number of nitriles is 1. The topological polar surface area (TPSA) is 60.2 Å². The highest BCUT2D eigenvalue weighted by Crippen LogP contribution is 2.37. The molecule has 1 unspecified atom stereocenters. The molecule has 27 heavy (non-hydrogen) atoms. The second kappa shape index (κ2) is 6.03. The lowest BCUT2D eigenvalue weighted by molar-refractivity contribution is -0.138. The van der Waals surface area contributed by atoms with Crippen LogP contribution in [0.3, 0.4) is 0 Å². The van der Waals surface area contributed by atoms with Gasteiger partial charge in [0.05, 0.1) is 17.4 Å². The highest BCUT2D eigenvalue weighted by Gasteiger charge is 2.46. The van der Waals surface area contributed by atoms with E-state index in [0.717, 1.165) is 28.3 Å². The Morgan fingerprint density at radius 1 is 1.26 bits per heavy atom. The number of thiocarbonyl (C=S) groups is 1. The first-order valence-electron chi connectivity index (χ1n) is 8.00. The molecule has 1 fully saturated rings. The van der Waals surface area contributed by atoms with Crippen LogP contribution in [0.4, 0.5) is 18.9 Å². The van der Waals surface area contributed by atoms with Crippen molar-refractivity contribution < 1.29 is 18.0 Å². The zero-order valence-electron chi connectivity index (χ0n) is 13.7. The number of pyridine rings is 1. The van der Waals surface area contributed by atoms with Gasteiger partial charge in [0.25, 0.3) is 5.91 Å². The first-order valence-corrected chi connectivity index (χ1v) is 8.41. The Labute approximate surface area is 157 Å². The van der Waals surface area contributed by atoms with Crippen molar-refractivity contribution in [1.29, 1.82) is 5.26 Å². The van der Waals surface area contributed by atoms with Gasteiger partial charge in [-0.05, 0) is 29.4 Å². The van der Waals surface area contributed by atoms with Crippen LogP contribution in [0.2, 0.25) is 0 Å². The summed E-state index contributed by atoms with van der Waals surface area (Å²) in [6.07, 6.45) is -3.26. The van der Waals surface area contributed by atoms with Gasteiger partial charge in [-0.25, -0.2) is 4.98 Å². The van der Waals surface area contributed by atoms with E-state index in [-0.39, 0.29) is 10.8 Å². The van der Waals surface area contributed by atoms with Crippen LogP contribution < -0.4 is 4.90 Å². The average Bonchev–Trinajstić information content (AvgIpc) is 2.89. The molecular weight excluding hydrogens is 377 g/mol. The summed E-state index contributed by atoms with van der Waals surface area (Å²) < 4.78 is 39.7. The van der Waals surface area contributed by atoms with E-state index in [2.05, 4.69) is 4.98 Å². The van der Waals surface area contributed by atoms with Gasteiger partial charge in [-0.1, -0.05) is 24.3 Å². The van der Waals surface area contributed by atoms with Crippen LogP contribution in [0, 0.1) is 11.3 Å². The smallest absolute Gasteiger partial charge is 0.332 e. The lowest BCUT2D eigenvalue weighted by Crippen LogP contribution is -2.39. The summed E-state index contributed by atoms with van der Waals surface area (Å²) in [5, 5.41) is 9.02. The van der Waals surface area contributed by atoms with Crippen molar-refractivity contribution in [2.75, 3.05) is 4.90 Å². The molecule has 0 N–H and O–H groups in total. The molecule has 0 radical (unpaired) electrons. The number of carbonyl (C=O) groups excluding carboxylic acids is 1. The second-order valence-electron chi connectivity index (χ2n) is 6.27. The molecule has 0 aliphatic carbocycles. The molecule has 1 amide bonds. The Balaban J connectivity index is 1.74. The second-order valence-corrected chi connectivity index (χ2v) is 6.64. The molecule has 2 aliphatic heterocycles. The lowest BCUT2D eigenvalue weighted by atomic mass is 9.95. The average molecular weight is 388 g/mol. The number of benzene rings is 1. The van der Waals surface area contributed by atoms with E-state index in [9.17, 15) is 18.0 Å². The number of aromatic nitrogens is 1. The summed E-state index contributed by atoms with van der Waals surface area (Å²) in [5.74, 6) is -0.394. The molecule has 1 aromatic carbocycles. The van der Waals surface area contributed by atoms with Crippen LogP contribution in [0.15, 0.2) is 36.5 Å². The molecule has 1 saturated heterocycles. The first-order chi connectivity index (χ1) is 12.8. The van der Waals surface area contributed by atoms with Gasteiger partial charge < -0.3 is 4.90 Å². The summed E-state index contributed by atoms with van der Waals surface area (Å²) >= 11 is 5.38. The van der Waals surface area contributed by atoms with E-state index in [1.54, 1.807) is 4.90 Å². The molecule has 2 aromatic rings. The van der Waals surface area contributed by atoms with E-state index in [1.807, 2.05) is 24.3 Å². The minimum Gasteiger partial charge on any atom is -0.332 e. The maximum Gasteiger partial charge on any atom is 0.419 e. The predicted octanol–water partition coefficient (Wildman–Crippen LogP) is 3.03. The largest absolute Gasteiger partial charge is 0.419 e. The number of anilines is 1. The number of halogens is 3. The van der Waals surface area contributed by atoms with Crippen LogP contribution in [0.25, 0.3) is 0 Å². The SMILES string of the molecule is N#Cc1ncc(N2C(=O)C3Cc4ccccc4CN3C2=S)cc1C(F)(F)F. The number of rotatable bonds is 1. The third-order valence-electron chi connectivity index (χ3n) is 4.73. The summed E-state index contributed by atoms with van der Waals surface area (Å²) in [6.45, 7) is 0.414. The Bertz CT molecular complexity index is 971. The molecule has 9 heteroatoms. The molecule has 0 bridgehead atoms. The molecule has 3 heterocycles. The minimum absolute atomic E-state index is 0.0882. The highest BCUT2D eigenvalue weighted by atomic mass is 32.1. The van der Waals surface area contributed by atoms with Crippen LogP contribution in [0.1, 0.15) is 22.4 Å². The first kappa shape index (κ1) is 17.4. The molecule has 5 nitrogen and oxygen atoms in total. The summed E-state index contributed by atoms with van der Waals surface area (Å²) in [5.41, 5.74) is 0.0281. The van der Waals surface area contributed by atoms with E-state index in [0.29, 0.717) is 13.0 Å². The van der Waals surface area contributed by atoms with Gasteiger partial charge in [-0.3, -0.25) is 9.69 Å². The maximum atomic E-state index is 13.2. The summed E-state index contributed by atoms with van der Waals surface area (Å²) in [4.78, 5) is 19.3. The molecule has 136 valence electrons. The van der Waals surface area contributed by atoms with Crippen molar-refractivity contribution >= 4 is 28.9 Å². The van der Waals surface area contributed by atoms with E-state index >= 15 is 0 Å². The summed E-state index contributed by atoms with van der Waals surface area (Å²) in [7, 11) is 0. The van der Waals surface area contributed by atoms with Gasteiger partial charge in [0.2, 0.25) is 0 Å². The van der Waals surface area contributed by atoms with Gasteiger partial charge >= 0.3 is 6.18 Å². The van der Waals surface area contributed by atoms with Crippen LogP contribution in [0.5, 0.6) is 0 Å². The van der Waals surface area contributed by atoms with Gasteiger partial charge in [0, 0.05) is 13.0 Å². The maximum absolute atomic E-state index is 13.2.